The molecule has 0 spiro atoms. The van der Waals surface area contributed by atoms with Crippen LogP contribution in [-0.4, -0.2) is 32.6 Å². The molecule has 1 atom stereocenters. The van der Waals surface area contributed by atoms with Crippen molar-refractivity contribution in [2.45, 2.75) is 33.2 Å². The van der Waals surface area contributed by atoms with E-state index in [4.69, 9.17) is 9.15 Å². The van der Waals surface area contributed by atoms with E-state index >= 15 is 0 Å². The number of pyridine rings is 1. The fourth-order valence-electron chi connectivity index (χ4n) is 3.47. The van der Waals surface area contributed by atoms with Crippen molar-refractivity contribution in [2.24, 2.45) is 5.92 Å². The van der Waals surface area contributed by atoms with Crippen LogP contribution in [0, 0.1) is 12.8 Å². The average molecular weight is 352 g/mol. The maximum absolute atomic E-state index is 5.99. The second-order valence-electron chi connectivity index (χ2n) is 6.92. The van der Waals surface area contributed by atoms with Crippen LogP contribution in [0.3, 0.4) is 0 Å². The van der Waals surface area contributed by atoms with Crippen LogP contribution in [0.25, 0.3) is 0 Å². The first-order chi connectivity index (χ1) is 12.8. The second-order valence-corrected chi connectivity index (χ2v) is 6.92. The van der Waals surface area contributed by atoms with E-state index in [9.17, 15) is 0 Å². The van der Waals surface area contributed by atoms with Gasteiger partial charge in [-0.15, -0.1) is 0 Å². The van der Waals surface area contributed by atoms with Gasteiger partial charge >= 0.3 is 0 Å². The molecule has 6 heteroatoms. The van der Waals surface area contributed by atoms with Crippen molar-refractivity contribution >= 4 is 0 Å². The SMILES string of the molecule is Cc1ccc(CN2Cc3nccn3CC(COCc3cccnc3)C2)o1. The number of ether oxygens (including phenoxy) is 1. The summed E-state index contributed by atoms with van der Waals surface area (Å²) in [6, 6.07) is 8.05. The molecular weight excluding hydrogens is 328 g/mol. The summed E-state index contributed by atoms with van der Waals surface area (Å²) >= 11 is 0. The third kappa shape index (κ3) is 4.20. The van der Waals surface area contributed by atoms with E-state index in [1.165, 1.54) is 0 Å². The number of nitrogens with zero attached hydrogens (tertiary/aromatic N) is 4. The molecule has 3 aromatic heterocycles. The standard InChI is InChI=1S/C20H24N4O2/c1-16-4-5-19(26-16)12-23-10-18(11-24-8-7-22-20(24)13-23)15-25-14-17-3-2-6-21-9-17/h2-9,18H,10-15H2,1H3. The largest absolute Gasteiger partial charge is 0.465 e. The lowest BCUT2D eigenvalue weighted by Gasteiger charge is -2.22. The Kier molecular flexibility index (Phi) is 5.13. The Morgan fingerprint density at radius 2 is 2.19 bits per heavy atom. The molecule has 0 aliphatic carbocycles. The highest BCUT2D eigenvalue weighted by Crippen LogP contribution is 2.19. The molecule has 0 aromatic carbocycles. The molecule has 1 aliphatic rings. The molecule has 26 heavy (non-hydrogen) atoms. The van der Waals surface area contributed by atoms with Crippen molar-refractivity contribution in [2.75, 3.05) is 13.2 Å². The fraction of sp³-hybridized carbons (Fsp3) is 0.400. The number of imidazole rings is 1. The number of fused-ring (bicyclic) bond motifs is 1. The minimum atomic E-state index is 0.401. The van der Waals surface area contributed by atoms with Crippen molar-refractivity contribution in [3.05, 3.63) is 72.0 Å². The number of rotatable bonds is 6. The van der Waals surface area contributed by atoms with E-state index in [0.717, 1.165) is 49.1 Å². The van der Waals surface area contributed by atoms with Gasteiger partial charge < -0.3 is 13.7 Å². The van der Waals surface area contributed by atoms with Crippen LogP contribution in [-0.2, 0) is 31.0 Å². The molecule has 0 saturated carbocycles. The van der Waals surface area contributed by atoms with E-state index in [-0.39, 0.29) is 0 Å². The third-order valence-corrected chi connectivity index (χ3v) is 4.66. The first-order valence-electron chi connectivity index (χ1n) is 9.00. The predicted octanol–water partition coefficient (Wildman–Crippen LogP) is 3.03. The quantitative estimate of drug-likeness (QED) is 0.682. The molecule has 1 aliphatic heterocycles. The molecule has 136 valence electrons. The van der Waals surface area contributed by atoms with Crippen LogP contribution < -0.4 is 0 Å². The average Bonchev–Trinajstić information content (AvgIpc) is 3.21. The molecule has 0 bridgehead atoms. The zero-order valence-corrected chi connectivity index (χ0v) is 15.0. The van der Waals surface area contributed by atoms with Gasteiger partial charge in [0, 0.05) is 43.8 Å². The lowest BCUT2D eigenvalue weighted by Crippen LogP contribution is -2.30. The normalized spacial score (nSPS) is 17.8. The molecule has 4 rings (SSSR count). The number of hydrogen-bond donors (Lipinski definition) is 0. The van der Waals surface area contributed by atoms with E-state index < -0.39 is 0 Å². The number of hydrogen-bond acceptors (Lipinski definition) is 5. The third-order valence-electron chi connectivity index (χ3n) is 4.66. The van der Waals surface area contributed by atoms with Gasteiger partial charge in [0.1, 0.15) is 17.3 Å². The van der Waals surface area contributed by atoms with Crippen molar-refractivity contribution in [1.29, 1.82) is 0 Å². The van der Waals surface area contributed by atoms with Gasteiger partial charge in [0.25, 0.3) is 0 Å². The van der Waals surface area contributed by atoms with Crippen LogP contribution in [0.2, 0.25) is 0 Å². The van der Waals surface area contributed by atoms with Gasteiger partial charge in [-0.25, -0.2) is 4.98 Å². The van der Waals surface area contributed by atoms with Crippen molar-refractivity contribution in [3.8, 4) is 0 Å². The molecule has 6 nitrogen and oxygen atoms in total. The lowest BCUT2D eigenvalue weighted by atomic mass is 10.1. The second kappa shape index (κ2) is 7.85. The molecule has 0 N–H and O–H groups in total. The van der Waals surface area contributed by atoms with Crippen LogP contribution in [0.15, 0.2) is 53.5 Å². The van der Waals surface area contributed by atoms with Gasteiger partial charge in [0.15, 0.2) is 0 Å². The first-order valence-corrected chi connectivity index (χ1v) is 9.00. The molecular formula is C20H24N4O2. The lowest BCUT2D eigenvalue weighted by molar-refractivity contribution is 0.0652. The Labute approximate surface area is 153 Å². The van der Waals surface area contributed by atoms with Gasteiger partial charge in [-0.2, -0.15) is 0 Å². The van der Waals surface area contributed by atoms with Crippen LogP contribution >= 0.6 is 0 Å². The number of furan rings is 1. The summed E-state index contributed by atoms with van der Waals surface area (Å²) in [5, 5.41) is 0. The monoisotopic (exact) mass is 352 g/mol. The predicted molar refractivity (Wildman–Crippen MR) is 97.2 cm³/mol. The summed E-state index contributed by atoms with van der Waals surface area (Å²) in [6.45, 7) is 6.78. The van der Waals surface area contributed by atoms with Gasteiger partial charge in [-0.05, 0) is 30.7 Å². The van der Waals surface area contributed by atoms with Gasteiger partial charge in [0.2, 0.25) is 0 Å². The Morgan fingerprint density at radius 3 is 3.00 bits per heavy atom. The molecule has 1 unspecified atom stereocenters. The number of aryl methyl sites for hydroxylation is 1. The minimum Gasteiger partial charge on any atom is -0.465 e. The summed E-state index contributed by atoms with van der Waals surface area (Å²) < 4.78 is 14.0. The molecule has 0 radical (unpaired) electrons. The van der Waals surface area contributed by atoms with Crippen LogP contribution in [0.1, 0.15) is 22.9 Å². The summed E-state index contributed by atoms with van der Waals surface area (Å²) in [6.07, 6.45) is 7.57. The first kappa shape index (κ1) is 17.0. The van der Waals surface area contributed by atoms with E-state index in [1.54, 1.807) is 6.20 Å². The number of aromatic nitrogens is 3. The molecule has 4 heterocycles. The smallest absolute Gasteiger partial charge is 0.122 e. The minimum absolute atomic E-state index is 0.401. The van der Waals surface area contributed by atoms with E-state index in [1.807, 2.05) is 37.5 Å². The van der Waals surface area contributed by atoms with Gasteiger partial charge in [-0.3, -0.25) is 9.88 Å². The maximum atomic E-state index is 5.99. The molecule has 0 amide bonds. The van der Waals surface area contributed by atoms with Crippen LogP contribution in [0.5, 0.6) is 0 Å². The summed E-state index contributed by atoms with van der Waals surface area (Å²) in [4.78, 5) is 11.0. The molecule has 0 fully saturated rings. The Bertz CT molecular complexity index is 827. The van der Waals surface area contributed by atoms with Crippen LogP contribution in [0.4, 0.5) is 0 Å². The van der Waals surface area contributed by atoms with Crippen molar-refractivity contribution < 1.29 is 9.15 Å². The summed E-state index contributed by atoms with van der Waals surface area (Å²) in [7, 11) is 0. The van der Waals surface area contributed by atoms with Crippen molar-refractivity contribution in [3.63, 3.8) is 0 Å². The van der Waals surface area contributed by atoms with Gasteiger partial charge in [0.05, 0.1) is 26.3 Å². The fourth-order valence-corrected chi connectivity index (χ4v) is 3.47. The Morgan fingerprint density at radius 1 is 1.23 bits per heavy atom. The van der Waals surface area contributed by atoms with E-state index in [0.29, 0.717) is 19.1 Å². The maximum Gasteiger partial charge on any atom is 0.122 e. The zero-order valence-electron chi connectivity index (χ0n) is 15.0. The Hall–Kier alpha value is -2.44. The van der Waals surface area contributed by atoms with E-state index in [2.05, 4.69) is 31.7 Å². The summed E-state index contributed by atoms with van der Waals surface area (Å²) in [5.41, 5.74) is 1.10. The highest BCUT2D eigenvalue weighted by atomic mass is 16.5. The highest BCUT2D eigenvalue weighted by Gasteiger charge is 2.23. The molecule has 3 aromatic rings. The Balaban J connectivity index is 1.40. The highest BCUT2D eigenvalue weighted by molar-refractivity contribution is 5.07. The zero-order chi connectivity index (χ0) is 17.8. The van der Waals surface area contributed by atoms with Gasteiger partial charge in [-0.1, -0.05) is 6.07 Å². The topological polar surface area (TPSA) is 56.3 Å². The summed E-state index contributed by atoms with van der Waals surface area (Å²) in [5.74, 6) is 3.45. The van der Waals surface area contributed by atoms with Crippen molar-refractivity contribution in [1.82, 2.24) is 19.4 Å². The molecule has 0 saturated heterocycles.